The molecule has 1 aromatic heterocycles. The maximum Gasteiger partial charge on any atom is 0.330 e. The van der Waals surface area contributed by atoms with Gasteiger partial charge in [0.15, 0.2) is 0 Å². The first-order valence-electron chi connectivity index (χ1n) is 5.39. The van der Waals surface area contributed by atoms with E-state index in [1.165, 1.54) is 17.7 Å². The highest BCUT2D eigenvalue weighted by Gasteiger charge is 2.11. The fourth-order valence-electron chi connectivity index (χ4n) is 1.27. The standard InChI is InChI=1S/C11H19N3O3/c1-11(2,3)17-12-7-8-6-9(15)14(5)10(16)13(8)4/h6,12H,7H2,1-5H3. The molecule has 0 saturated heterocycles. The van der Waals surface area contributed by atoms with Crippen LogP contribution in [0, 0.1) is 0 Å². The van der Waals surface area contributed by atoms with E-state index < -0.39 is 0 Å². The smallest absolute Gasteiger partial charge is 0.299 e. The summed E-state index contributed by atoms with van der Waals surface area (Å²) in [4.78, 5) is 28.4. The molecule has 6 heteroatoms. The second-order valence-corrected chi connectivity index (χ2v) is 4.91. The lowest BCUT2D eigenvalue weighted by Crippen LogP contribution is -2.39. The third-order valence-corrected chi connectivity index (χ3v) is 2.26. The van der Waals surface area contributed by atoms with Gasteiger partial charge in [-0.05, 0) is 20.8 Å². The molecule has 0 fully saturated rings. The predicted molar refractivity (Wildman–Crippen MR) is 64.6 cm³/mol. The third-order valence-electron chi connectivity index (χ3n) is 2.26. The van der Waals surface area contributed by atoms with Gasteiger partial charge in [0.25, 0.3) is 5.56 Å². The van der Waals surface area contributed by atoms with Crippen LogP contribution in [0.5, 0.6) is 0 Å². The fourth-order valence-corrected chi connectivity index (χ4v) is 1.27. The van der Waals surface area contributed by atoms with E-state index in [2.05, 4.69) is 5.48 Å². The minimum atomic E-state index is -0.343. The van der Waals surface area contributed by atoms with Crippen LogP contribution in [0.15, 0.2) is 15.7 Å². The Morgan fingerprint density at radius 1 is 1.24 bits per heavy atom. The molecule has 0 aromatic carbocycles. The molecule has 0 spiro atoms. The molecule has 0 aliphatic rings. The largest absolute Gasteiger partial charge is 0.330 e. The molecule has 1 N–H and O–H groups in total. The Balaban J connectivity index is 2.87. The van der Waals surface area contributed by atoms with Gasteiger partial charge < -0.3 is 0 Å². The van der Waals surface area contributed by atoms with Gasteiger partial charge in [0.2, 0.25) is 0 Å². The van der Waals surface area contributed by atoms with Gasteiger partial charge >= 0.3 is 5.69 Å². The van der Waals surface area contributed by atoms with Gasteiger partial charge in [-0.1, -0.05) is 0 Å². The van der Waals surface area contributed by atoms with Crippen molar-refractivity contribution in [3.8, 4) is 0 Å². The van der Waals surface area contributed by atoms with E-state index in [4.69, 9.17) is 4.84 Å². The van der Waals surface area contributed by atoms with E-state index in [-0.39, 0.29) is 16.9 Å². The van der Waals surface area contributed by atoms with Gasteiger partial charge in [0, 0.05) is 25.9 Å². The lowest BCUT2D eigenvalue weighted by molar-refractivity contribution is -0.0764. The molecule has 96 valence electrons. The van der Waals surface area contributed by atoms with Crippen molar-refractivity contribution in [1.29, 1.82) is 0 Å². The fraction of sp³-hybridized carbons (Fsp3) is 0.636. The van der Waals surface area contributed by atoms with Crippen LogP contribution >= 0.6 is 0 Å². The molecule has 0 unspecified atom stereocenters. The highest BCUT2D eigenvalue weighted by atomic mass is 16.7. The number of nitrogens with zero attached hydrogens (tertiary/aromatic N) is 2. The zero-order valence-electron chi connectivity index (χ0n) is 10.9. The summed E-state index contributed by atoms with van der Waals surface area (Å²) >= 11 is 0. The van der Waals surface area contributed by atoms with E-state index in [1.54, 1.807) is 7.05 Å². The average Bonchev–Trinajstić information content (AvgIpc) is 2.21. The molecular formula is C11H19N3O3. The van der Waals surface area contributed by atoms with Crippen LogP contribution in [0.1, 0.15) is 26.5 Å². The lowest BCUT2D eigenvalue weighted by Gasteiger charge is -2.20. The molecule has 0 atom stereocenters. The Morgan fingerprint density at radius 3 is 2.35 bits per heavy atom. The summed E-state index contributed by atoms with van der Waals surface area (Å²) in [6.45, 7) is 6.02. The van der Waals surface area contributed by atoms with E-state index in [9.17, 15) is 9.59 Å². The lowest BCUT2D eigenvalue weighted by atomic mass is 10.2. The number of hydrogen-bond acceptors (Lipinski definition) is 4. The summed E-state index contributed by atoms with van der Waals surface area (Å²) in [5, 5.41) is 0. The zero-order valence-corrected chi connectivity index (χ0v) is 10.9. The number of aromatic nitrogens is 2. The van der Waals surface area contributed by atoms with Gasteiger partial charge in [-0.2, -0.15) is 5.48 Å². The molecule has 1 aromatic rings. The van der Waals surface area contributed by atoms with Gasteiger partial charge in [0.1, 0.15) is 0 Å². The number of rotatable bonds is 3. The van der Waals surface area contributed by atoms with Crippen LogP contribution in [0.2, 0.25) is 0 Å². The Morgan fingerprint density at radius 2 is 1.82 bits per heavy atom. The number of hydrogen-bond donors (Lipinski definition) is 1. The van der Waals surface area contributed by atoms with Crippen LogP contribution < -0.4 is 16.7 Å². The topological polar surface area (TPSA) is 65.3 Å². The van der Waals surface area contributed by atoms with Crippen LogP contribution in [-0.4, -0.2) is 14.7 Å². The molecule has 0 radical (unpaired) electrons. The van der Waals surface area contributed by atoms with E-state index in [1.807, 2.05) is 20.8 Å². The highest BCUT2D eigenvalue weighted by Crippen LogP contribution is 2.04. The second-order valence-electron chi connectivity index (χ2n) is 4.91. The molecule has 0 aliphatic heterocycles. The molecule has 6 nitrogen and oxygen atoms in total. The van der Waals surface area contributed by atoms with Crippen molar-refractivity contribution in [3.05, 3.63) is 32.6 Å². The minimum Gasteiger partial charge on any atom is -0.299 e. The molecule has 0 aliphatic carbocycles. The Labute approximate surface area is 99.8 Å². The van der Waals surface area contributed by atoms with Gasteiger partial charge in [-0.25, -0.2) is 4.79 Å². The zero-order chi connectivity index (χ0) is 13.2. The quantitative estimate of drug-likeness (QED) is 0.751. The minimum absolute atomic E-state index is 0.305. The van der Waals surface area contributed by atoms with Gasteiger partial charge in [0.05, 0.1) is 12.1 Å². The molecule has 0 bridgehead atoms. The average molecular weight is 241 g/mol. The van der Waals surface area contributed by atoms with Crippen molar-refractivity contribution < 1.29 is 4.84 Å². The van der Waals surface area contributed by atoms with Crippen LogP contribution in [0.25, 0.3) is 0 Å². The van der Waals surface area contributed by atoms with Crippen molar-refractivity contribution in [2.24, 2.45) is 14.1 Å². The summed E-state index contributed by atoms with van der Waals surface area (Å²) < 4.78 is 2.48. The monoisotopic (exact) mass is 241 g/mol. The Bertz CT molecular complexity index is 508. The summed E-state index contributed by atoms with van der Waals surface area (Å²) in [6, 6.07) is 1.42. The molecule has 1 heterocycles. The second kappa shape index (κ2) is 4.85. The van der Waals surface area contributed by atoms with Crippen LogP contribution in [0.3, 0.4) is 0 Å². The molecule has 1 rings (SSSR count). The number of hydroxylamine groups is 1. The van der Waals surface area contributed by atoms with Crippen molar-refractivity contribution in [3.63, 3.8) is 0 Å². The SMILES string of the molecule is Cn1c(CNOC(C)(C)C)cc(=O)n(C)c1=O. The first kappa shape index (κ1) is 13.7. The van der Waals surface area contributed by atoms with Gasteiger partial charge in [-0.15, -0.1) is 0 Å². The maximum absolute atomic E-state index is 11.6. The Kier molecular flexibility index (Phi) is 3.90. The summed E-state index contributed by atoms with van der Waals surface area (Å²) in [5.41, 5.74) is 2.35. The van der Waals surface area contributed by atoms with Crippen molar-refractivity contribution in [2.75, 3.05) is 0 Å². The maximum atomic E-state index is 11.6. The first-order chi connectivity index (χ1) is 7.72. The summed E-state index contributed by atoms with van der Waals surface area (Å²) in [5.74, 6) is 0. The first-order valence-corrected chi connectivity index (χ1v) is 5.39. The predicted octanol–water partition coefficient (Wildman–Crippen LogP) is -0.0963. The summed E-state index contributed by atoms with van der Waals surface area (Å²) in [6.07, 6.45) is 0. The van der Waals surface area contributed by atoms with Crippen molar-refractivity contribution in [2.45, 2.75) is 32.9 Å². The summed E-state index contributed by atoms with van der Waals surface area (Å²) in [7, 11) is 3.07. The van der Waals surface area contributed by atoms with E-state index in [0.717, 1.165) is 4.57 Å². The van der Waals surface area contributed by atoms with Crippen molar-refractivity contribution >= 4 is 0 Å². The van der Waals surface area contributed by atoms with Crippen LogP contribution in [-0.2, 0) is 25.5 Å². The van der Waals surface area contributed by atoms with Crippen molar-refractivity contribution in [1.82, 2.24) is 14.6 Å². The Hall–Kier alpha value is -1.40. The normalized spacial score (nSPS) is 11.8. The molecular weight excluding hydrogens is 222 g/mol. The third kappa shape index (κ3) is 3.54. The van der Waals surface area contributed by atoms with E-state index in [0.29, 0.717) is 12.2 Å². The molecule has 0 amide bonds. The molecule has 0 saturated carbocycles. The van der Waals surface area contributed by atoms with E-state index >= 15 is 0 Å². The van der Waals surface area contributed by atoms with Crippen LogP contribution in [0.4, 0.5) is 0 Å². The van der Waals surface area contributed by atoms with Gasteiger partial charge in [-0.3, -0.25) is 18.8 Å². The number of nitrogens with one attached hydrogen (secondary N) is 1. The molecule has 17 heavy (non-hydrogen) atoms. The highest BCUT2D eigenvalue weighted by molar-refractivity contribution is 5.01.